The second kappa shape index (κ2) is 16.0. The molecule has 8 heteroatoms. The predicted octanol–water partition coefficient (Wildman–Crippen LogP) is 8.82. The van der Waals surface area contributed by atoms with Gasteiger partial charge in [0.15, 0.2) is 24.1 Å². The van der Waals surface area contributed by atoms with Gasteiger partial charge < -0.3 is 37.9 Å². The monoisotopic (exact) mass is 638 g/mol. The highest BCUT2D eigenvalue weighted by atomic mass is 16.7. The van der Waals surface area contributed by atoms with E-state index in [1.165, 1.54) is 0 Å². The minimum atomic E-state index is -0.403. The zero-order valence-corrected chi connectivity index (χ0v) is 27.2. The van der Waals surface area contributed by atoms with E-state index in [2.05, 4.69) is 30.4 Å². The van der Waals surface area contributed by atoms with Gasteiger partial charge in [-0.15, -0.1) is 0 Å². The van der Waals surface area contributed by atoms with Crippen LogP contribution in [-0.4, -0.2) is 47.4 Å². The first kappa shape index (κ1) is 32.6. The van der Waals surface area contributed by atoms with Crippen LogP contribution in [0.5, 0.6) is 28.7 Å². The number of rotatable bonds is 12. The van der Waals surface area contributed by atoms with Crippen LogP contribution < -0.4 is 18.9 Å². The Bertz CT molecular complexity index is 1640. The van der Waals surface area contributed by atoms with E-state index < -0.39 is 6.29 Å². The number of ether oxygens (including phenoxy) is 8. The summed E-state index contributed by atoms with van der Waals surface area (Å²) in [4.78, 5) is 0. The summed E-state index contributed by atoms with van der Waals surface area (Å²) in [5.41, 5.74) is 5.81. The Morgan fingerprint density at radius 3 is 2.21 bits per heavy atom. The average Bonchev–Trinajstić information content (AvgIpc) is 3.14. The van der Waals surface area contributed by atoms with Crippen molar-refractivity contribution in [2.45, 2.75) is 44.9 Å². The van der Waals surface area contributed by atoms with Crippen molar-refractivity contribution in [1.82, 2.24) is 0 Å². The molecule has 4 aromatic rings. The fourth-order valence-corrected chi connectivity index (χ4v) is 5.77. The van der Waals surface area contributed by atoms with Crippen LogP contribution in [-0.2, 0) is 25.6 Å². The largest absolute Gasteiger partial charge is 0.496 e. The molecule has 6 rings (SSSR count). The standard InChI is InChI=1S/C39H42O8/c1-40-33-20-16-30(39-44-22-7-23-45-39)25-36(33)47-31-17-12-27(13-18-31)11-15-29-8-6-9-34(41-2)38(29)32-19-14-28(24-35(32)42-3)26-46-37-10-4-5-21-43-37/h6,8-9,11-20,24-25,37,39H,4-5,7,10,21-23,26H2,1-3H3. The smallest absolute Gasteiger partial charge is 0.183 e. The second-order valence-electron chi connectivity index (χ2n) is 11.4. The van der Waals surface area contributed by atoms with Crippen LogP contribution in [0.1, 0.15) is 54.2 Å². The Morgan fingerprint density at radius 2 is 1.47 bits per heavy atom. The first-order valence-electron chi connectivity index (χ1n) is 16.1. The number of benzene rings is 4. The summed E-state index contributed by atoms with van der Waals surface area (Å²) in [6, 6.07) is 25.8. The van der Waals surface area contributed by atoms with Crippen molar-refractivity contribution < 1.29 is 37.9 Å². The van der Waals surface area contributed by atoms with Crippen molar-refractivity contribution in [3.05, 3.63) is 101 Å². The van der Waals surface area contributed by atoms with E-state index in [4.69, 9.17) is 37.9 Å². The molecule has 2 fully saturated rings. The van der Waals surface area contributed by atoms with Crippen molar-refractivity contribution in [3.8, 4) is 39.9 Å². The lowest BCUT2D eigenvalue weighted by atomic mass is 9.95. The SMILES string of the molecule is COc1ccc(C2OCCCO2)cc1Oc1ccc(C=Cc2cccc(OC)c2-c2ccc(COC3CCCCO3)cc2OC)cc1. The molecule has 2 heterocycles. The molecule has 0 amide bonds. The van der Waals surface area contributed by atoms with Crippen LogP contribution in [0.3, 0.4) is 0 Å². The Kier molecular flexibility index (Phi) is 11.1. The molecule has 4 aromatic carbocycles. The molecule has 2 saturated heterocycles. The molecule has 8 nitrogen and oxygen atoms in total. The third kappa shape index (κ3) is 8.15. The van der Waals surface area contributed by atoms with E-state index in [0.29, 0.717) is 37.1 Å². The Balaban J connectivity index is 1.19. The summed E-state index contributed by atoms with van der Waals surface area (Å²) in [6.45, 7) is 2.56. The fourth-order valence-electron chi connectivity index (χ4n) is 5.77. The van der Waals surface area contributed by atoms with Gasteiger partial charge in [-0.05, 0) is 78.8 Å². The third-order valence-corrected chi connectivity index (χ3v) is 8.24. The second-order valence-corrected chi connectivity index (χ2v) is 11.4. The minimum absolute atomic E-state index is 0.147. The first-order valence-corrected chi connectivity index (χ1v) is 16.1. The summed E-state index contributed by atoms with van der Waals surface area (Å²) in [6.07, 6.45) is 7.65. The van der Waals surface area contributed by atoms with E-state index in [1.807, 2.05) is 60.7 Å². The third-order valence-electron chi connectivity index (χ3n) is 8.24. The van der Waals surface area contributed by atoms with Crippen LogP contribution in [0.15, 0.2) is 78.9 Å². The maximum atomic E-state index is 6.24. The molecule has 2 aliphatic rings. The highest BCUT2D eigenvalue weighted by Crippen LogP contribution is 2.41. The molecule has 0 radical (unpaired) electrons. The van der Waals surface area contributed by atoms with Gasteiger partial charge in [-0.1, -0.05) is 54.6 Å². The highest BCUT2D eigenvalue weighted by Gasteiger charge is 2.20. The normalized spacial score (nSPS) is 17.0. The molecule has 0 saturated carbocycles. The Labute approximate surface area is 276 Å². The fraction of sp³-hybridized carbons (Fsp3) is 0.333. The summed E-state index contributed by atoms with van der Waals surface area (Å²) >= 11 is 0. The van der Waals surface area contributed by atoms with Gasteiger partial charge in [0.1, 0.15) is 17.2 Å². The topological polar surface area (TPSA) is 73.8 Å². The van der Waals surface area contributed by atoms with Gasteiger partial charge in [-0.3, -0.25) is 0 Å². The van der Waals surface area contributed by atoms with Crippen LogP contribution in [0.2, 0.25) is 0 Å². The molecule has 1 unspecified atom stereocenters. The molecule has 0 bridgehead atoms. The summed E-state index contributed by atoms with van der Waals surface area (Å²) in [5, 5.41) is 0. The number of methoxy groups -OCH3 is 3. The molecule has 0 aliphatic carbocycles. The quantitative estimate of drug-likeness (QED) is 0.143. The number of hydrogen-bond acceptors (Lipinski definition) is 8. The van der Waals surface area contributed by atoms with Crippen molar-refractivity contribution in [2.75, 3.05) is 41.2 Å². The maximum absolute atomic E-state index is 6.24. The Morgan fingerprint density at radius 1 is 0.681 bits per heavy atom. The average molecular weight is 639 g/mol. The molecule has 0 N–H and O–H groups in total. The van der Waals surface area contributed by atoms with Gasteiger partial charge in [-0.2, -0.15) is 0 Å². The van der Waals surface area contributed by atoms with E-state index in [1.54, 1.807) is 21.3 Å². The lowest BCUT2D eigenvalue weighted by molar-refractivity contribution is -0.183. The van der Waals surface area contributed by atoms with Crippen molar-refractivity contribution in [1.29, 1.82) is 0 Å². The van der Waals surface area contributed by atoms with Crippen LogP contribution in [0, 0.1) is 0 Å². The predicted molar refractivity (Wildman–Crippen MR) is 181 cm³/mol. The van der Waals surface area contributed by atoms with Crippen LogP contribution in [0.25, 0.3) is 23.3 Å². The van der Waals surface area contributed by atoms with Gasteiger partial charge in [0.05, 0.1) is 41.2 Å². The van der Waals surface area contributed by atoms with Gasteiger partial charge >= 0.3 is 0 Å². The lowest BCUT2D eigenvalue weighted by Crippen LogP contribution is -2.22. The van der Waals surface area contributed by atoms with E-state index in [-0.39, 0.29) is 6.29 Å². The van der Waals surface area contributed by atoms with Crippen molar-refractivity contribution in [2.24, 2.45) is 0 Å². The molecular weight excluding hydrogens is 596 g/mol. The van der Waals surface area contributed by atoms with Crippen LogP contribution >= 0.6 is 0 Å². The summed E-state index contributed by atoms with van der Waals surface area (Å²) in [7, 11) is 5.00. The van der Waals surface area contributed by atoms with Crippen molar-refractivity contribution in [3.63, 3.8) is 0 Å². The Hall–Kier alpha value is -4.34. The molecule has 1 atom stereocenters. The molecule has 2 aliphatic heterocycles. The molecule has 0 aromatic heterocycles. The zero-order valence-electron chi connectivity index (χ0n) is 27.2. The molecular formula is C39H42O8. The van der Waals surface area contributed by atoms with Crippen LogP contribution in [0.4, 0.5) is 0 Å². The van der Waals surface area contributed by atoms with Gasteiger partial charge in [0.2, 0.25) is 0 Å². The molecule has 246 valence electrons. The lowest BCUT2D eigenvalue weighted by Gasteiger charge is -2.24. The summed E-state index contributed by atoms with van der Waals surface area (Å²) < 4.78 is 46.8. The van der Waals surface area contributed by atoms with Gasteiger partial charge in [0.25, 0.3) is 0 Å². The maximum Gasteiger partial charge on any atom is 0.183 e. The van der Waals surface area contributed by atoms with Gasteiger partial charge in [-0.25, -0.2) is 0 Å². The zero-order chi connectivity index (χ0) is 32.4. The summed E-state index contributed by atoms with van der Waals surface area (Å²) in [5.74, 6) is 3.43. The van der Waals surface area contributed by atoms with Crippen molar-refractivity contribution >= 4 is 12.2 Å². The first-order chi connectivity index (χ1) is 23.1. The number of hydrogen-bond donors (Lipinski definition) is 0. The van der Waals surface area contributed by atoms with E-state index in [0.717, 1.165) is 77.2 Å². The highest BCUT2D eigenvalue weighted by molar-refractivity contribution is 5.87. The molecule has 0 spiro atoms. The molecule has 47 heavy (non-hydrogen) atoms. The van der Waals surface area contributed by atoms with Gasteiger partial charge in [0, 0.05) is 23.3 Å². The van der Waals surface area contributed by atoms with E-state index in [9.17, 15) is 0 Å². The minimum Gasteiger partial charge on any atom is -0.496 e. The van der Waals surface area contributed by atoms with E-state index >= 15 is 0 Å².